The molecule has 0 unspecified atom stereocenters. The van der Waals surface area contributed by atoms with Crippen LogP contribution in [0.25, 0.3) is 0 Å². The molecule has 0 heterocycles. The zero-order valence-corrected chi connectivity index (χ0v) is 12.6. The number of methoxy groups -OCH3 is 1. The van der Waals surface area contributed by atoms with Gasteiger partial charge in [-0.3, -0.25) is 4.79 Å². The molecule has 3 heteroatoms. The predicted molar refractivity (Wildman–Crippen MR) is 81.8 cm³/mol. The van der Waals surface area contributed by atoms with E-state index in [9.17, 15) is 4.79 Å². The zero-order valence-electron chi connectivity index (χ0n) is 12.6. The van der Waals surface area contributed by atoms with Crippen molar-refractivity contribution in [1.82, 2.24) is 0 Å². The molecule has 0 saturated heterocycles. The minimum absolute atomic E-state index is 0.674. The lowest BCUT2D eigenvalue weighted by Gasteiger charge is -2.19. The fraction of sp³-hybridized carbons (Fsp3) is 0.438. The van der Waals surface area contributed by atoms with Crippen LogP contribution in [0.15, 0.2) is 36.0 Å². The number of likely N-dealkylation sites (N-methyl/N-ethyl adjacent to an activating group) is 1. The fourth-order valence-corrected chi connectivity index (χ4v) is 1.43. The van der Waals surface area contributed by atoms with E-state index in [1.807, 2.05) is 49.2 Å². The number of carbonyl (C=O) groups excluding carboxylic acids is 1. The number of hydrogen-bond donors (Lipinski definition) is 0. The molecule has 0 aromatic heterocycles. The average molecular weight is 263 g/mol. The van der Waals surface area contributed by atoms with E-state index in [1.54, 1.807) is 7.11 Å². The van der Waals surface area contributed by atoms with Crippen molar-refractivity contribution in [2.75, 3.05) is 19.1 Å². The Balaban J connectivity index is 0.000000982. The standard InChI is InChI=1S/C13H17NO2.C3H8/c1-4-5-12(10-15)14(2)11-6-8-13(16-3)9-7-11;1-3-2/h5-10H,4H2,1-3H3;3H2,1-2H3/b12-5+;. The van der Waals surface area contributed by atoms with E-state index in [4.69, 9.17) is 4.74 Å². The molecule has 0 saturated carbocycles. The van der Waals surface area contributed by atoms with Gasteiger partial charge in [0, 0.05) is 12.7 Å². The van der Waals surface area contributed by atoms with Crippen molar-refractivity contribution in [3.63, 3.8) is 0 Å². The smallest absolute Gasteiger partial charge is 0.166 e. The van der Waals surface area contributed by atoms with E-state index in [0.717, 1.165) is 24.1 Å². The van der Waals surface area contributed by atoms with Crippen molar-refractivity contribution in [2.24, 2.45) is 0 Å². The fourth-order valence-electron chi connectivity index (χ4n) is 1.43. The molecule has 0 N–H and O–H groups in total. The number of hydrogen-bond acceptors (Lipinski definition) is 3. The number of rotatable bonds is 5. The number of nitrogens with zero attached hydrogens (tertiary/aromatic N) is 1. The van der Waals surface area contributed by atoms with Crippen molar-refractivity contribution < 1.29 is 9.53 Å². The zero-order chi connectivity index (χ0) is 14.7. The Labute approximate surface area is 116 Å². The van der Waals surface area contributed by atoms with E-state index < -0.39 is 0 Å². The second-order valence-electron chi connectivity index (χ2n) is 4.12. The van der Waals surface area contributed by atoms with Crippen molar-refractivity contribution in [2.45, 2.75) is 33.6 Å². The minimum Gasteiger partial charge on any atom is -0.497 e. The summed E-state index contributed by atoms with van der Waals surface area (Å²) < 4.78 is 5.08. The second kappa shape index (κ2) is 10.2. The quantitative estimate of drug-likeness (QED) is 0.593. The number of anilines is 1. The van der Waals surface area contributed by atoms with E-state index in [0.29, 0.717) is 5.70 Å². The number of benzene rings is 1. The molecule has 0 atom stereocenters. The highest BCUT2D eigenvalue weighted by molar-refractivity contribution is 5.79. The summed E-state index contributed by atoms with van der Waals surface area (Å²) in [5.74, 6) is 0.810. The number of ether oxygens (including phenoxy) is 1. The van der Waals surface area contributed by atoms with Crippen LogP contribution in [0.3, 0.4) is 0 Å². The van der Waals surface area contributed by atoms with Crippen LogP contribution in [0.4, 0.5) is 5.69 Å². The SMILES string of the molecule is CC/C=C(\C=O)N(C)c1ccc(OC)cc1.CCC. The number of carbonyl (C=O) groups is 1. The predicted octanol–water partition coefficient (Wildman–Crippen LogP) is 4.04. The molecule has 1 aromatic rings. The molecule has 0 amide bonds. The number of allylic oxidation sites excluding steroid dienone is 2. The maximum atomic E-state index is 10.9. The normalized spacial score (nSPS) is 10.3. The van der Waals surface area contributed by atoms with Gasteiger partial charge in [-0.15, -0.1) is 0 Å². The third kappa shape index (κ3) is 6.09. The summed E-state index contributed by atoms with van der Waals surface area (Å²) in [6.07, 6.45) is 4.86. The topological polar surface area (TPSA) is 29.5 Å². The maximum absolute atomic E-state index is 10.9. The van der Waals surface area contributed by atoms with Crippen molar-refractivity contribution in [1.29, 1.82) is 0 Å². The summed E-state index contributed by atoms with van der Waals surface area (Å²) in [7, 11) is 3.50. The van der Waals surface area contributed by atoms with Crippen LogP contribution >= 0.6 is 0 Å². The summed E-state index contributed by atoms with van der Waals surface area (Å²) in [4.78, 5) is 12.8. The van der Waals surface area contributed by atoms with Gasteiger partial charge in [-0.2, -0.15) is 0 Å². The maximum Gasteiger partial charge on any atom is 0.166 e. The molecular weight excluding hydrogens is 238 g/mol. The Kier molecular flexibility index (Phi) is 9.23. The van der Waals surface area contributed by atoms with Crippen molar-refractivity contribution in [3.8, 4) is 5.75 Å². The van der Waals surface area contributed by atoms with Crippen LogP contribution in [0.2, 0.25) is 0 Å². The second-order valence-corrected chi connectivity index (χ2v) is 4.12. The van der Waals surface area contributed by atoms with Gasteiger partial charge in [0.1, 0.15) is 5.75 Å². The third-order valence-corrected chi connectivity index (χ3v) is 2.38. The molecule has 1 rings (SSSR count). The van der Waals surface area contributed by atoms with E-state index in [1.165, 1.54) is 6.42 Å². The molecule has 0 bridgehead atoms. The Morgan fingerprint density at radius 2 is 1.74 bits per heavy atom. The third-order valence-electron chi connectivity index (χ3n) is 2.38. The van der Waals surface area contributed by atoms with Gasteiger partial charge < -0.3 is 9.64 Å². The van der Waals surface area contributed by atoms with Gasteiger partial charge in [-0.25, -0.2) is 0 Å². The van der Waals surface area contributed by atoms with Gasteiger partial charge in [0.05, 0.1) is 12.8 Å². The Bertz CT molecular complexity index is 382. The highest BCUT2D eigenvalue weighted by Gasteiger charge is 2.05. The molecule has 0 radical (unpaired) electrons. The molecule has 1 aromatic carbocycles. The summed E-state index contributed by atoms with van der Waals surface area (Å²) >= 11 is 0. The van der Waals surface area contributed by atoms with Crippen LogP contribution in [0.1, 0.15) is 33.6 Å². The van der Waals surface area contributed by atoms with E-state index in [2.05, 4.69) is 13.8 Å². The van der Waals surface area contributed by atoms with Crippen LogP contribution in [-0.2, 0) is 4.79 Å². The summed E-state index contributed by atoms with van der Waals surface area (Å²) in [5, 5.41) is 0. The molecule has 0 aliphatic rings. The van der Waals surface area contributed by atoms with Gasteiger partial charge in [-0.1, -0.05) is 33.3 Å². The Morgan fingerprint density at radius 3 is 2.11 bits per heavy atom. The van der Waals surface area contributed by atoms with E-state index in [-0.39, 0.29) is 0 Å². The average Bonchev–Trinajstić information content (AvgIpc) is 2.45. The molecule has 3 nitrogen and oxygen atoms in total. The minimum atomic E-state index is 0.674. The van der Waals surface area contributed by atoms with Crippen LogP contribution in [0, 0.1) is 0 Å². The summed E-state index contributed by atoms with van der Waals surface area (Å²) in [6, 6.07) is 7.60. The largest absolute Gasteiger partial charge is 0.497 e. The van der Waals surface area contributed by atoms with Gasteiger partial charge in [0.15, 0.2) is 6.29 Å². The highest BCUT2D eigenvalue weighted by Crippen LogP contribution is 2.20. The molecule has 0 aliphatic heterocycles. The van der Waals surface area contributed by atoms with Gasteiger partial charge >= 0.3 is 0 Å². The molecule has 19 heavy (non-hydrogen) atoms. The first-order chi connectivity index (χ1) is 9.14. The lowest BCUT2D eigenvalue weighted by atomic mass is 10.2. The first kappa shape index (κ1) is 17.2. The lowest BCUT2D eigenvalue weighted by molar-refractivity contribution is -0.105. The molecule has 0 aliphatic carbocycles. The summed E-state index contributed by atoms with van der Waals surface area (Å²) in [5.41, 5.74) is 1.64. The number of aldehydes is 1. The van der Waals surface area contributed by atoms with Gasteiger partial charge in [0.25, 0.3) is 0 Å². The van der Waals surface area contributed by atoms with E-state index >= 15 is 0 Å². The molecule has 0 spiro atoms. The van der Waals surface area contributed by atoms with Crippen LogP contribution in [0.5, 0.6) is 5.75 Å². The Hall–Kier alpha value is -1.77. The Morgan fingerprint density at radius 1 is 1.21 bits per heavy atom. The first-order valence-corrected chi connectivity index (χ1v) is 6.67. The van der Waals surface area contributed by atoms with Crippen LogP contribution in [-0.4, -0.2) is 20.4 Å². The monoisotopic (exact) mass is 263 g/mol. The highest BCUT2D eigenvalue weighted by atomic mass is 16.5. The van der Waals surface area contributed by atoms with Gasteiger partial charge in [0.2, 0.25) is 0 Å². The molecular formula is C16H25NO2. The van der Waals surface area contributed by atoms with Gasteiger partial charge in [-0.05, 0) is 30.7 Å². The lowest BCUT2D eigenvalue weighted by Crippen LogP contribution is -2.17. The first-order valence-electron chi connectivity index (χ1n) is 6.67. The van der Waals surface area contributed by atoms with Crippen LogP contribution < -0.4 is 9.64 Å². The molecule has 106 valence electrons. The van der Waals surface area contributed by atoms with Crippen molar-refractivity contribution in [3.05, 3.63) is 36.0 Å². The molecule has 0 fully saturated rings. The summed E-state index contributed by atoms with van der Waals surface area (Å²) in [6.45, 7) is 6.26. The van der Waals surface area contributed by atoms with Crippen molar-refractivity contribution >= 4 is 12.0 Å².